The zero-order valence-electron chi connectivity index (χ0n) is 10.2. The van der Waals surface area contributed by atoms with Crippen LogP contribution in [-0.4, -0.2) is 38.9 Å². The highest BCUT2D eigenvalue weighted by Gasteiger charge is 2.27. The smallest absolute Gasteiger partial charge is 0.237 e. The average Bonchev–Trinajstić information content (AvgIpc) is 2.81. The van der Waals surface area contributed by atoms with Crippen molar-refractivity contribution in [1.29, 1.82) is 0 Å². The summed E-state index contributed by atoms with van der Waals surface area (Å²) >= 11 is 0. The van der Waals surface area contributed by atoms with E-state index < -0.39 is 10.0 Å². The molecule has 6 nitrogen and oxygen atoms in total. The minimum Gasteiger partial charge on any atom is -0.396 e. The fourth-order valence-corrected chi connectivity index (χ4v) is 3.38. The summed E-state index contributed by atoms with van der Waals surface area (Å²) in [5, 5.41) is 0. The van der Waals surface area contributed by atoms with Crippen LogP contribution in [0.4, 0.5) is 11.4 Å². The highest BCUT2D eigenvalue weighted by molar-refractivity contribution is 7.92. The number of nitrogens with zero attached hydrogens (tertiary/aromatic N) is 2. The van der Waals surface area contributed by atoms with Crippen molar-refractivity contribution >= 4 is 21.4 Å². The molecule has 1 aromatic heterocycles. The predicted octanol–water partition coefficient (Wildman–Crippen LogP) is 0.609. The first-order chi connectivity index (χ1) is 8.50. The van der Waals surface area contributed by atoms with Crippen LogP contribution in [0.3, 0.4) is 0 Å². The molecule has 100 valence electrons. The lowest BCUT2D eigenvalue weighted by Gasteiger charge is -2.22. The molecular weight excluding hydrogens is 254 g/mol. The second-order valence-corrected chi connectivity index (χ2v) is 6.36. The summed E-state index contributed by atoms with van der Waals surface area (Å²) < 4.78 is 31.0. The van der Waals surface area contributed by atoms with Gasteiger partial charge in [0, 0.05) is 19.9 Å². The van der Waals surface area contributed by atoms with Crippen molar-refractivity contribution in [2.75, 3.05) is 29.4 Å². The third-order valence-corrected chi connectivity index (χ3v) is 4.83. The number of hydrogen-bond donors (Lipinski definition) is 1. The maximum Gasteiger partial charge on any atom is 0.237 e. The number of sulfonamides is 1. The van der Waals surface area contributed by atoms with Gasteiger partial charge in [0.2, 0.25) is 10.0 Å². The van der Waals surface area contributed by atoms with Gasteiger partial charge in [0.05, 0.1) is 29.4 Å². The Morgan fingerprint density at radius 2 is 2.39 bits per heavy atom. The number of anilines is 2. The maximum atomic E-state index is 12.2. The van der Waals surface area contributed by atoms with Gasteiger partial charge in [0.15, 0.2) is 0 Å². The van der Waals surface area contributed by atoms with Gasteiger partial charge in [-0.05, 0) is 18.9 Å². The van der Waals surface area contributed by atoms with E-state index in [4.69, 9.17) is 10.5 Å². The van der Waals surface area contributed by atoms with Crippen LogP contribution in [0.1, 0.15) is 12.8 Å². The van der Waals surface area contributed by atoms with E-state index in [1.165, 1.54) is 23.7 Å². The second-order valence-electron chi connectivity index (χ2n) is 4.32. The van der Waals surface area contributed by atoms with Crippen LogP contribution in [0.25, 0.3) is 0 Å². The van der Waals surface area contributed by atoms with Crippen molar-refractivity contribution in [2.45, 2.75) is 18.9 Å². The Bertz CT molecular complexity index is 512. The lowest BCUT2D eigenvalue weighted by Crippen LogP contribution is -2.34. The minimum absolute atomic E-state index is 0.00867. The standard InChI is InChI=1S/C11H17N3O3S/c1-14(11-4-5-13-7-10(11)12)18(15,16)8-9-3-2-6-17-9/h4-5,7,9H,2-3,6,8,12H2,1H3. The number of rotatable bonds is 4. The molecule has 1 unspecified atom stereocenters. The Morgan fingerprint density at radius 1 is 1.61 bits per heavy atom. The van der Waals surface area contributed by atoms with Crippen LogP contribution in [0.5, 0.6) is 0 Å². The van der Waals surface area contributed by atoms with E-state index >= 15 is 0 Å². The van der Waals surface area contributed by atoms with E-state index in [0.717, 1.165) is 12.8 Å². The van der Waals surface area contributed by atoms with Gasteiger partial charge in [-0.1, -0.05) is 0 Å². The first-order valence-corrected chi connectivity index (χ1v) is 7.39. The van der Waals surface area contributed by atoms with Gasteiger partial charge >= 0.3 is 0 Å². The molecule has 1 saturated heterocycles. The summed E-state index contributed by atoms with van der Waals surface area (Å²) in [5.74, 6) is -0.00867. The quantitative estimate of drug-likeness (QED) is 0.867. The molecule has 1 aliphatic rings. The molecule has 0 aromatic carbocycles. The third-order valence-electron chi connectivity index (χ3n) is 3.00. The highest BCUT2D eigenvalue weighted by atomic mass is 32.2. The van der Waals surface area contributed by atoms with E-state index in [1.54, 1.807) is 6.07 Å². The summed E-state index contributed by atoms with van der Waals surface area (Å²) in [4.78, 5) is 3.84. The van der Waals surface area contributed by atoms with Gasteiger partial charge in [0.1, 0.15) is 0 Å². The summed E-state index contributed by atoms with van der Waals surface area (Å²) in [6.45, 7) is 0.640. The first kappa shape index (κ1) is 13.1. The lowest BCUT2D eigenvalue weighted by atomic mass is 10.3. The van der Waals surface area contributed by atoms with Gasteiger partial charge < -0.3 is 10.5 Å². The molecular formula is C11H17N3O3S. The molecule has 0 amide bonds. The number of pyridine rings is 1. The van der Waals surface area contributed by atoms with Gasteiger partial charge in [-0.3, -0.25) is 9.29 Å². The first-order valence-electron chi connectivity index (χ1n) is 5.78. The summed E-state index contributed by atoms with van der Waals surface area (Å²) in [5.41, 5.74) is 6.52. The Balaban J connectivity index is 2.16. The van der Waals surface area contributed by atoms with Crippen molar-refractivity contribution in [3.63, 3.8) is 0 Å². The lowest BCUT2D eigenvalue weighted by molar-refractivity contribution is 0.127. The molecule has 0 saturated carbocycles. The van der Waals surface area contributed by atoms with Crippen LogP contribution >= 0.6 is 0 Å². The molecule has 0 spiro atoms. The Labute approximate surface area is 107 Å². The van der Waals surface area contributed by atoms with Crippen molar-refractivity contribution in [3.8, 4) is 0 Å². The van der Waals surface area contributed by atoms with Crippen molar-refractivity contribution in [2.24, 2.45) is 0 Å². The topological polar surface area (TPSA) is 85.5 Å². The Kier molecular flexibility index (Phi) is 3.72. The monoisotopic (exact) mass is 271 g/mol. The molecule has 18 heavy (non-hydrogen) atoms. The molecule has 1 aromatic rings. The number of nitrogens with two attached hydrogens (primary N) is 1. The zero-order chi connectivity index (χ0) is 13.2. The molecule has 1 aliphatic heterocycles. The molecule has 1 atom stereocenters. The predicted molar refractivity (Wildman–Crippen MR) is 69.8 cm³/mol. The summed E-state index contributed by atoms with van der Waals surface area (Å²) in [7, 11) is -1.92. The summed E-state index contributed by atoms with van der Waals surface area (Å²) in [6, 6.07) is 1.59. The van der Waals surface area contributed by atoms with E-state index in [-0.39, 0.29) is 11.9 Å². The largest absolute Gasteiger partial charge is 0.396 e. The van der Waals surface area contributed by atoms with Crippen molar-refractivity contribution in [3.05, 3.63) is 18.5 Å². The molecule has 2 heterocycles. The fourth-order valence-electron chi connectivity index (χ4n) is 1.96. The second kappa shape index (κ2) is 5.11. The van der Waals surface area contributed by atoms with E-state index in [9.17, 15) is 8.42 Å². The number of aromatic nitrogens is 1. The maximum absolute atomic E-state index is 12.2. The molecule has 7 heteroatoms. The van der Waals surface area contributed by atoms with Gasteiger partial charge in [-0.15, -0.1) is 0 Å². The number of nitrogen functional groups attached to an aromatic ring is 1. The van der Waals surface area contributed by atoms with Crippen LogP contribution in [0.15, 0.2) is 18.5 Å². The van der Waals surface area contributed by atoms with E-state index in [2.05, 4.69) is 4.98 Å². The normalized spacial score (nSPS) is 19.9. The molecule has 0 radical (unpaired) electrons. The van der Waals surface area contributed by atoms with Gasteiger partial charge in [-0.2, -0.15) is 0 Å². The van der Waals surface area contributed by atoms with Gasteiger partial charge in [0.25, 0.3) is 0 Å². The number of hydrogen-bond acceptors (Lipinski definition) is 5. The van der Waals surface area contributed by atoms with Gasteiger partial charge in [-0.25, -0.2) is 8.42 Å². The highest BCUT2D eigenvalue weighted by Crippen LogP contribution is 2.24. The Hall–Kier alpha value is -1.34. The molecule has 0 aliphatic carbocycles. The summed E-state index contributed by atoms with van der Waals surface area (Å²) in [6.07, 6.45) is 4.46. The fraction of sp³-hybridized carbons (Fsp3) is 0.545. The molecule has 0 bridgehead atoms. The molecule has 1 fully saturated rings. The van der Waals surface area contributed by atoms with Crippen molar-refractivity contribution < 1.29 is 13.2 Å². The van der Waals surface area contributed by atoms with Crippen LogP contribution in [0, 0.1) is 0 Å². The minimum atomic E-state index is -3.42. The Morgan fingerprint density at radius 3 is 3.00 bits per heavy atom. The number of ether oxygens (including phenoxy) is 1. The van der Waals surface area contributed by atoms with E-state index in [1.807, 2.05) is 0 Å². The molecule has 2 N–H and O–H groups in total. The average molecular weight is 271 g/mol. The van der Waals surface area contributed by atoms with Crippen LogP contribution in [0.2, 0.25) is 0 Å². The third kappa shape index (κ3) is 2.73. The van der Waals surface area contributed by atoms with Crippen LogP contribution < -0.4 is 10.0 Å². The molecule has 2 rings (SSSR count). The van der Waals surface area contributed by atoms with E-state index in [0.29, 0.717) is 18.0 Å². The van der Waals surface area contributed by atoms with Crippen molar-refractivity contribution in [1.82, 2.24) is 4.98 Å². The zero-order valence-corrected chi connectivity index (χ0v) is 11.1. The SMILES string of the molecule is CN(c1ccncc1N)S(=O)(=O)CC1CCCO1. The van der Waals surface area contributed by atoms with Crippen LogP contribution in [-0.2, 0) is 14.8 Å².